The number of amides is 1. The Morgan fingerprint density at radius 2 is 2.33 bits per heavy atom. The molecule has 0 radical (unpaired) electrons. The predicted octanol–water partition coefficient (Wildman–Crippen LogP) is 1.22. The van der Waals surface area contributed by atoms with Crippen molar-refractivity contribution in [2.45, 2.75) is 13.0 Å². The highest BCUT2D eigenvalue weighted by Gasteiger charge is 2.23. The molecule has 1 aromatic carbocycles. The van der Waals surface area contributed by atoms with Crippen molar-refractivity contribution in [1.82, 2.24) is 4.90 Å². The molecule has 1 aromatic rings. The standard InChI is InChI=1S/C13H18N2O2.ClH/c1-10-3-2-4-11(7-10)13(16)15-5-6-17-12(8-14)9-15;/h2-4,7,12H,5-6,8-9,14H2,1H3;1H. The Morgan fingerprint density at radius 1 is 1.56 bits per heavy atom. The van der Waals surface area contributed by atoms with E-state index in [9.17, 15) is 4.79 Å². The van der Waals surface area contributed by atoms with Crippen LogP contribution in [0.1, 0.15) is 15.9 Å². The summed E-state index contributed by atoms with van der Waals surface area (Å²) >= 11 is 0. The summed E-state index contributed by atoms with van der Waals surface area (Å²) in [6.45, 7) is 4.24. The highest BCUT2D eigenvalue weighted by Crippen LogP contribution is 2.11. The summed E-state index contributed by atoms with van der Waals surface area (Å²) in [6, 6.07) is 7.65. The number of halogens is 1. The van der Waals surface area contributed by atoms with Crippen molar-refractivity contribution in [3.8, 4) is 0 Å². The van der Waals surface area contributed by atoms with Crippen LogP contribution >= 0.6 is 12.4 Å². The molecule has 100 valence electrons. The number of morpholine rings is 1. The SMILES string of the molecule is Cc1cccc(C(=O)N2CCOC(CN)C2)c1.Cl. The molecular weight excluding hydrogens is 252 g/mol. The number of hydrogen-bond donors (Lipinski definition) is 1. The maximum atomic E-state index is 12.2. The van der Waals surface area contributed by atoms with Crippen molar-refractivity contribution >= 4 is 18.3 Å². The monoisotopic (exact) mass is 270 g/mol. The molecule has 18 heavy (non-hydrogen) atoms. The van der Waals surface area contributed by atoms with E-state index < -0.39 is 0 Å². The molecule has 1 unspecified atom stereocenters. The number of nitrogens with zero attached hydrogens (tertiary/aromatic N) is 1. The first-order chi connectivity index (χ1) is 8.20. The van der Waals surface area contributed by atoms with E-state index in [1.807, 2.05) is 36.1 Å². The molecule has 1 saturated heterocycles. The highest BCUT2D eigenvalue weighted by molar-refractivity contribution is 5.94. The summed E-state index contributed by atoms with van der Waals surface area (Å²) in [7, 11) is 0. The van der Waals surface area contributed by atoms with Gasteiger partial charge in [-0.05, 0) is 19.1 Å². The van der Waals surface area contributed by atoms with Crippen LogP contribution in [0.15, 0.2) is 24.3 Å². The van der Waals surface area contributed by atoms with Gasteiger partial charge < -0.3 is 15.4 Å². The van der Waals surface area contributed by atoms with Gasteiger partial charge in [0.1, 0.15) is 0 Å². The molecule has 0 aromatic heterocycles. The van der Waals surface area contributed by atoms with Gasteiger partial charge in [-0.1, -0.05) is 17.7 Å². The van der Waals surface area contributed by atoms with Crippen LogP contribution in [0.5, 0.6) is 0 Å². The number of carbonyl (C=O) groups excluding carboxylic acids is 1. The van der Waals surface area contributed by atoms with Crippen molar-refractivity contribution in [3.05, 3.63) is 35.4 Å². The van der Waals surface area contributed by atoms with Gasteiger partial charge in [0.2, 0.25) is 0 Å². The third kappa shape index (κ3) is 3.45. The van der Waals surface area contributed by atoms with Gasteiger partial charge in [0, 0.05) is 25.2 Å². The topological polar surface area (TPSA) is 55.6 Å². The van der Waals surface area contributed by atoms with E-state index in [0.29, 0.717) is 26.2 Å². The van der Waals surface area contributed by atoms with Gasteiger partial charge >= 0.3 is 0 Å². The molecule has 1 fully saturated rings. The number of aryl methyl sites for hydroxylation is 1. The van der Waals surface area contributed by atoms with E-state index in [0.717, 1.165) is 11.1 Å². The molecule has 0 saturated carbocycles. The highest BCUT2D eigenvalue weighted by atomic mass is 35.5. The van der Waals surface area contributed by atoms with Crippen molar-refractivity contribution in [1.29, 1.82) is 0 Å². The lowest BCUT2D eigenvalue weighted by atomic mass is 10.1. The summed E-state index contributed by atoms with van der Waals surface area (Å²) < 4.78 is 5.45. The van der Waals surface area contributed by atoms with E-state index in [1.165, 1.54) is 0 Å². The molecular formula is C13H19ClN2O2. The lowest BCUT2D eigenvalue weighted by molar-refractivity contribution is -0.0167. The Bertz CT molecular complexity index is 412. The van der Waals surface area contributed by atoms with Crippen molar-refractivity contribution in [2.75, 3.05) is 26.2 Å². The molecule has 5 heteroatoms. The molecule has 1 aliphatic rings. The fourth-order valence-electron chi connectivity index (χ4n) is 2.01. The normalized spacial score (nSPS) is 19.2. The van der Waals surface area contributed by atoms with Crippen molar-refractivity contribution < 1.29 is 9.53 Å². The maximum Gasteiger partial charge on any atom is 0.254 e. The van der Waals surface area contributed by atoms with Gasteiger partial charge in [0.25, 0.3) is 5.91 Å². The van der Waals surface area contributed by atoms with Crippen LogP contribution in [0.2, 0.25) is 0 Å². The fraction of sp³-hybridized carbons (Fsp3) is 0.462. The zero-order valence-corrected chi connectivity index (χ0v) is 11.3. The van der Waals surface area contributed by atoms with E-state index in [-0.39, 0.29) is 24.4 Å². The molecule has 1 atom stereocenters. The average Bonchev–Trinajstić information content (AvgIpc) is 2.38. The van der Waals surface area contributed by atoms with Crippen LogP contribution in [0.25, 0.3) is 0 Å². The molecule has 1 heterocycles. The first kappa shape index (κ1) is 15.0. The van der Waals surface area contributed by atoms with E-state index in [4.69, 9.17) is 10.5 Å². The zero-order chi connectivity index (χ0) is 12.3. The number of ether oxygens (including phenoxy) is 1. The maximum absolute atomic E-state index is 12.2. The first-order valence-electron chi connectivity index (χ1n) is 5.88. The average molecular weight is 271 g/mol. The molecule has 1 aliphatic heterocycles. The Hall–Kier alpha value is -1.10. The van der Waals surface area contributed by atoms with Gasteiger partial charge in [-0.15, -0.1) is 12.4 Å². The van der Waals surface area contributed by atoms with Crippen molar-refractivity contribution in [2.24, 2.45) is 5.73 Å². The number of hydrogen-bond acceptors (Lipinski definition) is 3. The smallest absolute Gasteiger partial charge is 0.254 e. The summed E-state index contributed by atoms with van der Waals surface area (Å²) in [5.74, 6) is 0.0652. The van der Waals surface area contributed by atoms with Gasteiger partial charge in [-0.3, -0.25) is 4.79 Å². The van der Waals surface area contributed by atoms with Crippen LogP contribution in [0.4, 0.5) is 0 Å². The molecule has 0 bridgehead atoms. The van der Waals surface area contributed by atoms with Gasteiger partial charge in [-0.25, -0.2) is 0 Å². The van der Waals surface area contributed by atoms with Gasteiger partial charge in [0.05, 0.1) is 12.7 Å². The van der Waals surface area contributed by atoms with Gasteiger partial charge in [-0.2, -0.15) is 0 Å². The fourth-order valence-corrected chi connectivity index (χ4v) is 2.01. The molecule has 2 rings (SSSR count). The quantitative estimate of drug-likeness (QED) is 0.879. The minimum absolute atomic E-state index is 0. The van der Waals surface area contributed by atoms with Crippen LogP contribution < -0.4 is 5.73 Å². The van der Waals surface area contributed by atoms with Crippen molar-refractivity contribution in [3.63, 3.8) is 0 Å². The molecule has 0 aliphatic carbocycles. The minimum Gasteiger partial charge on any atom is -0.373 e. The third-order valence-electron chi connectivity index (χ3n) is 2.95. The van der Waals surface area contributed by atoms with Gasteiger partial charge in [0.15, 0.2) is 0 Å². The molecule has 0 spiro atoms. The molecule has 2 N–H and O–H groups in total. The second-order valence-corrected chi connectivity index (χ2v) is 4.35. The Kier molecular flexibility index (Phi) is 5.59. The Balaban J connectivity index is 0.00000162. The number of carbonyl (C=O) groups is 1. The summed E-state index contributed by atoms with van der Waals surface area (Å²) in [6.07, 6.45) is -0.0301. The van der Waals surface area contributed by atoms with E-state index >= 15 is 0 Å². The number of nitrogens with two attached hydrogens (primary N) is 1. The second kappa shape index (κ2) is 6.73. The third-order valence-corrected chi connectivity index (χ3v) is 2.95. The number of benzene rings is 1. The summed E-state index contributed by atoms with van der Waals surface area (Å²) in [5.41, 5.74) is 7.40. The lowest BCUT2D eigenvalue weighted by Gasteiger charge is -2.32. The van der Waals surface area contributed by atoms with Crippen LogP contribution in [0, 0.1) is 6.92 Å². The van der Waals surface area contributed by atoms with Crippen LogP contribution in [-0.4, -0.2) is 43.2 Å². The Labute approximate surface area is 114 Å². The zero-order valence-electron chi connectivity index (χ0n) is 10.5. The summed E-state index contributed by atoms with van der Waals surface area (Å²) in [5, 5.41) is 0. The minimum atomic E-state index is -0.0301. The first-order valence-corrected chi connectivity index (χ1v) is 5.88. The predicted molar refractivity (Wildman–Crippen MR) is 73.1 cm³/mol. The van der Waals surface area contributed by atoms with Crippen LogP contribution in [0.3, 0.4) is 0 Å². The molecule has 1 amide bonds. The lowest BCUT2D eigenvalue weighted by Crippen LogP contribution is -2.48. The Morgan fingerprint density at radius 3 is 3.00 bits per heavy atom. The second-order valence-electron chi connectivity index (χ2n) is 4.35. The molecule has 4 nitrogen and oxygen atoms in total. The van der Waals surface area contributed by atoms with E-state index in [1.54, 1.807) is 0 Å². The summed E-state index contributed by atoms with van der Waals surface area (Å²) in [4.78, 5) is 14.1. The van der Waals surface area contributed by atoms with Crippen LogP contribution in [-0.2, 0) is 4.74 Å². The van der Waals surface area contributed by atoms with E-state index in [2.05, 4.69) is 0 Å². The number of rotatable bonds is 2. The largest absolute Gasteiger partial charge is 0.373 e.